The van der Waals surface area contributed by atoms with Gasteiger partial charge in [-0.2, -0.15) is 0 Å². The van der Waals surface area contributed by atoms with Crippen LogP contribution in [0.25, 0.3) is 0 Å². The molecule has 2 heterocycles. The summed E-state index contributed by atoms with van der Waals surface area (Å²) >= 11 is 0. The second kappa shape index (κ2) is 4.67. The molecule has 1 aliphatic rings. The average Bonchev–Trinajstić information content (AvgIpc) is 2.34. The van der Waals surface area contributed by atoms with Crippen LogP contribution in [0.3, 0.4) is 0 Å². The van der Waals surface area contributed by atoms with E-state index in [0.717, 1.165) is 6.42 Å². The first-order valence-corrected chi connectivity index (χ1v) is 5.13. The lowest BCUT2D eigenvalue weighted by atomic mass is 10.1. The highest BCUT2D eigenvalue weighted by atomic mass is 16.6. The number of rotatable bonds is 2. The van der Waals surface area contributed by atoms with Crippen LogP contribution < -0.4 is 0 Å². The highest BCUT2D eigenvalue weighted by Crippen LogP contribution is 2.21. The van der Waals surface area contributed by atoms with Gasteiger partial charge in [-0.25, -0.2) is 4.79 Å². The number of nitrogens with zero attached hydrogens (tertiary/aromatic N) is 2. The molecule has 1 aromatic rings. The summed E-state index contributed by atoms with van der Waals surface area (Å²) in [5, 5.41) is 0. The van der Waals surface area contributed by atoms with Gasteiger partial charge in [0.15, 0.2) is 0 Å². The van der Waals surface area contributed by atoms with Crippen molar-refractivity contribution < 1.29 is 9.53 Å². The van der Waals surface area contributed by atoms with Crippen LogP contribution in [-0.2, 0) is 4.74 Å². The van der Waals surface area contributed by atoms with E-state index in [1.807, 2.05) is 18.2 Å². The summed E-state index contributed by atoms with van der Waals surface area (Å²) < 4.78 is 4.96. The first-order valence-electron chi connectivity index (χ1n) is 5.13. The van der Waals surface area contributed by atoms with Gasteiger partial charge in [0.2, 0.25) is 0 Å². The number of terminal acetylenes is 1. The predicted octanol–water partition coefficient (Wildman–Crippen LogP) is 1.60. The molecule has 0 saturated carbocycles. The summed E-state index contributed by atoms with van der Waals surface area (Å²) in [5.41, 5.74) is 0.698. The molecule has 4 nitrogen and oxygen atoms in total. The number of cyclic esters (lactones) is 1. The van der Waals surface area contributed by atoms with Crippen LogP contribution >= 0.6 is 0 Å². The van der Waals surface area contributed by atoms with E-state index in [9.17, 15) is 4.79 Å². The number of hydrogen-bond acceptors (Lipinski definition) is 3. The number of ether oxygens (including phenoxy) is 1. The van der Waals surface area contributed by atoms with Gasteiger partial charge in [0.25, 0.3) is 0 Å². The SMILES string of the molecule is C#CC(c1ccccn1)N1CCCOC1=O. The smallest absolute Gasteiger partial charge is 0.411 e. The van der Waals surface area contributed by atoms with Crippen molar-refractivity contribution in [3.05, 3.63) is 30.1 Å². The predicted molar refractivity (Wildman–Crippen MR) is 58.5 cm³/mol. The maximum absolute atomic E-state index is 11.5. The van der Waals surface area contributed by atoms with E-state index in [0.29, 0.717) is 18.8 Å². The standard InChI is InChI=1S/C12H12N2O2/c1-2-11(10-6-3-4-7-13-10)14-8-5-9-16-12(14)15/h1,3-4,6-7,11H,5,8-9H2. The van der Waals surface area contributed by atoms with Crippen molar-refractivity contribution in [3.8, 4) is 12.3 Å². The summed E-state index contributed by atoms with van der Waals surface area (Å²) in [6.07, 6.45) is 7.56. The van der Waals surface area contributed by atoms with Gasteiger partial charge in [-0.3, -0.25) is 9.88 Å². The molecular weight excluding hydrogens is 204 g/mol. The molecule has 1 unspecified atom stereocenters. The molecule has 16 heavy (non-hydrogen) atoms. The Kier molecular flexibility index (Phi) is 3.06. The monoisotopic (exact) mass is 216 g/mol. The number of aromatic nitrogens is 1. The van der Waals surface area contributed by atoms with Crippen LogP contribution in [0.2, 0.25) is 0 Å². The molecule has 1 fully saturated rings. The molecule has 0 bridgehead atoms. The maximum Gasteiger partial charge on any atom is 0.411 e. The molecule has 1 aliphatic heterocycles. The number of hydrogen-bond donors (Lipinski definition) is 0. The molecule has 4 heteroatoms. The van der Waals surface area contributed by atoms with Crippen LogP contribution in [0.4, 0.5) is 4.79 Å². The molecule has 1 aromatic heterocycles. The highest BCUT2D eigenvalue weighted by Gasteiger charge is 2.28. The van der Waals surface area contributed by atoms with Gasteiger partial charge in [0, 0.05) is 12.7 Å². The summed E-state index contributed by atoms with van der Waals surface area (Å²) in [4.78, 5) is 17.2. The number of carbonyl (C=O) groups excluding carboxylic acids is 1. The lowest BCUT2D eigenvalue weighted by Crippen LogP contribution is -2.40. The van der Waals surface area contributed by atoms with Crippen molar-refractivity contribution in [3.63, 3.8) is 0 Å². The number of amides is 1. The number of carbonyl (C=O) groups is 1. The summed E-state index contributed by atoms with van der Waals surface area (Å²) in [7, 11) is 0. The molecule has 1 saturated heterocycles. The van der Waals surface area contributed by atoms with Crippen molar-refractivity contribution in [1.29, 1.82) is 0 Å². The van der Waals surface area contributed by atoms with Crippen LogP contribution in [0, 0.1) is 12.3 Å². The Morgan fingerprint density at radius 1 is 1.56 bits per heavy atom. The average molecular weight is 216 g/mol. The summed E-state index contributed by atoms with van der Waals surface area (Å²) in [6.45, 7) is 1.08. The Balaban J connectivity index is 2.23. The quantitative estimate of drug-likeness (QED) is 0.705. The second-order valence-corrected chi connectivity index (χ2v) is 3.49. The van der Waals surface area contributed by atoms with Crippen molar-refractivity contribution >= 4 is 6.09 Å². The Hall–Kier alpha value is -2.02. The maximum atomic E-state index is 11.5. The minimum atomic E-state index is -0.436. The van der Waals surface area contributed by atoms with Crippen molar-refractivity contribution in [2.45, 2.75) is 12.5 Å². The van der Waals surface area contributed by atoms with E-state index >= 15 is 0 Å². The van der Waals surface area contributed by atoms with E-state index in [2.05, 4.69) is 10.9 Å². The van der Waals surface area contributed by atoms with Crippen LogP contribution in [0.1, 0.15) is 18.2 Å². The van der Waals surface area contributed by atoms with Crippen LogP contribution in [0.15, 0.2) is 24.4 Å². The Labute approximate surface area is 94.2 Å². The van der Waals surface area contributed by atoms with Crippen molar-refractivity contribution in [2.24, 2.45) is 0 Å². The van der Waals surface area contributed by atoms with Gasteiger partial charge in [-0.15, -0.1) is 6.42 Å². The molecule has 0 aromatic carbocycles. The zero-order chi connectivity index (χ0) is 11.4. The molecule has 2 rings (SSSR count). The summed E-state index contributed by atoms with van der Waals surface area (Å²) in [6, 6.07) is 5.04. The fourth-order valence-corrected chi connectivity index (χ4v) is 1.68. The molecule has 82 valence electrons. The highest BCUT2D eigenvalue weighted by molar-refractivity contribution is 5.69. The molecule has 0 aliphatic carbocycles. The van der Waals surface area contributed by atoms with Crippen LogP contribution in [-0.4, -0.2) is 29.1 Å². The Bertz CT molecular complexity index is 411. The normalized spacial score (nSPS) is 17.4. The Morgan fingerprint density at radius 3 is 3.06 bits per heavy atom. The molecule has 0 radical (unpaired) electrons. The van der Waals surface area contributed by atoms with E-state index < -0.39 is 6.04 Å². The minimum Gasteiger partial charge on any atom is -0.449 e. The topological polar surface area (TPSA) is 42.4 Å². The van der Waals surface area contributed by atoms with E-state index in [1.54, 1.807) is 6.20 Å². The third-order valence-corrected chi connectivity index (χ3v) is 2.44. The lowest BCUT2D eigenvalue weighted by Gasteiger charge is -2.30. The van der Waals surface area contributed by atoms with Crippen molar-refractivity contribution in [1.82, 2.24) is 9.88 Å². The van der Waals surface area contributed by atoms with E-state index in [-0.39, 0.29) is 6.09 Å². The van der Waals surface area contributed by atoms with Gasteiger partial charge in [0.05, 0.1) is 12.3 Å². The first-order chi connectivity index (χ1) is 7.83. The number of pyridine rings is 1. The molecule has 1 atom stereocenters. The van der Waals surface area contributed by atoms with E-state index in [1.165, 1.54) is 4.90 Å². The van der Waals surface area contributed by atoms with Gasteiger partial charge < -0.3 is 4.74 Å². The van der Waals surface area contributed by atoms with Gasteiger partial charge in [-0.1, -0.05) is 12.0 Å². The largest absolute Gasteiger partial charge is 0.449 e. The zero-order valence-electron chi connectivity index (χ0n) is 8.80. The Morgan fingerprint density at radius 2 is 2.44 bits per heavy atom. The van der Waals surface area contributed by atoms with Crippen molar-refractivity contribution in [2.75, 3.05) is 13.2 Å². The third kappa shape index (κ3) is 1.98. The lowest BCUT2D eigenvalue weighted by molar-refractivity contribution is 0.0635. The molecule has 0 spiro atoms. The zero-order valence-corrected chi connectivity index (χ0v) is 8.80. The minimum absolute atomic E-state index is 0.361. The third-order valence-electron chi connectivity index (χ3n) is 2.44. The molecule has 1 amide bonds. The molecule has 0 N–H and O–H groups in total. The van der Waals surface area contributed by atoms with Gasteiger partial charge >= 0.3 is 6.09 Å². The van der Waals surface area contributed by atoms with E-state index in [4.69, 9.17) is 11.2 Å². The molecular formula is C12H12N2O2. The fraction of sp³-hybridized carbons (Fsp3) is 0.333. The fourth-order valence-electron chi connectivity index (χ4n) is 1.68. The second-order valence-electron chi connectivity index (χ2n) is 3.49. The van der Waals surface area contributed by atoms with Gasteiger partial charge in [-0.05, 0) is 18.6 Å². The first kappa shape index (κ1) is 10.5. The van der Waals surface area contributed by atoms with Crippen LogP contribution in [0.5, 0.6) is 0 Å². The summed E-state index contributed by atoms with van der Waals surface area (Å²) in [5.74, 6) is 2.58. The van der Waals surface area contributed by atoms with Gasteiger partial charge in [0.1, 0.15) is 6.04 Å².